The van der Waals surface area contributed by atoms with E-state index in [9.17, 15) is 9.50 Å². The van der Waals surface area contributed by atoms with Crippen molar-refractivity contribution in [1.29, 1.82) is 0 Å². The van der Waals surface area contributed by atoms with Crippen molar-refractivity contribution < 1.29 is 14.2 Å². The second-order valence-corrected chi connectivity index (χ2v) is 7.38. The van der Waals surface area contributed by atoms with Crippen LogP contribution in [-0.2, 0) is 11.2 Å². The van der Waals surface area contributed by atoms with Gasteiger partial charge in [0.15, 0.2) is 5.96 Å². The smallest absolute Gasteiger partial charge is 0.190 e. The number of benzene rings is 1. The summed E-state index contributed by atoms with van der Waals surface area (Å²) < 4.78 is 20.0. The Morgan fingerprint density at radius 1 is 1.42 bits per heavy atom. The van der Waals surface area contributed by atoms with E-state index in [1.54, 1.807) is 7.05 Å². The van der Waals surface area contributed by atoms with E-state index in [-0.39, 0.29) is 41.8 Å². The quantitative estimate of drug-likeness (QED) is 0.204. The Morgan fingerprint density at radius 3 is 2.85 bits per heavy atom. The fourth-order valence-corrected chi connectivity index (χ4v) is 3.35. The fraction of sp³-hybridized carbons (Fsp3) is 0.611. The first-order valence-corrected chi connectivity index (χ1v) is 9.45. The minimum absolute atomic E-state index is 0. The maximum absolute atomic E-state index is 13.8. The Balaban J connectivity index is 0.00000338. The van der Waals surface area contributed by atoms with Crippen molar-refractivity contribution in [3.05, 3.63) is 34.1 Å². The molecule has 0 radical (unpaired) electrons. The molecule has 0 aromatic heterocycles. The van der Waals surface area contributed by atoms with Crippen molar-refractivity contribution in [2.75, 3.05) is 40.0 Å². The van der Waals surface area contributed by atoms with Crippen LogP contribution in [0.15, 0.2) is 27.7 Å². The Hall–Kier alpha value is -0.450. The van der Waals surface area contributed by atoms with Crippen molar-refractivity contribution >= 4 is 45.9 Å². The minimum atomic E-state index is -0.177. The number of hydrogen-bond donors (Lipinski definition) is 3. The summed E-state index contributed by atoms with van der Waals surface area (Å²) in [7, 11) is 1.73. The maximum Gasteiger partial charge on any atom is 0.190 e. The minimum Gasteiger partial charge on any atom is -0.396 e. The number of aryl methyl sites for hydroxylation is 1. The Bertz CT molecular complexity index is 584. The molecular formula is C18H28BrFIN3O2. The van der Waals surface area contributed by atoms with Gasteiger partial charge in [0, 0.05) is 43.2 Å². The van der Waals surface area contributed by atoms with Gasteiger partial charge in [-0.3, -0.25) is 4.99 Å². The third-order valence-corrected chi connectivity index (χ3v) is 5.11. The van der Waals surface area contributed by atoms with Gasteiger partial charge >= 0.3 is 0 Å². The summed E-state index contributed by atoms with van der Waals surface area (Å²) in [6.45, 7) is 3.00. The van der Waals surface area contributed by atoms with Crippen LogP contribution in [0.5, 0.6) is 0 Å². The molecule has 0 spiro atoms. The molecule has 1 aliphatic rings. The van der Waals surface area contributed by atoms with Crippen LogP contribution < -0.4 is 10.6 Å². The van der Waals surface area contributed by atoms with E-state index in [2.05, 4.69) is 31.6 Å². The van der Waals surface area contributed by atoms with E-state index in [0.717, 1.165) is 41.9 Å². The Morgan fingerprint density at radius 2 is 2.23 bits per heavy atom. The van der Waals surface area contributed by atoms with Crippen LogP contribution in [0.1, 0.15) is 24.8 Å². The van der Waals surface area contributed by atoms with Gasteiger partial charge in [-0.2, -0.15) is 0 Å². The van der Waals surface area contributed by atoms with E-state index in [4.69, 9.17) is 4.74 Å². The summed E-state index contributed by atoms with van der Waals surface area (Å²) in [4.78, 5) is 4.22. The van der Waals surface area contributed by atoms with E-state index in [0.29, 0.717) is 26.1 Å². The molecule has 5 nitrogen and oxygen atoms in total. The summed E-state index contributed by atoms with van der Waals surface area (Å²) in [5.41, 5.74) is 0.699. The first-order chi connectivity index (χ1) is 12.1. The number of nitrogens with zero attached hydrogens (tertiary/aromatic N) is 1. The molecule has 3 N–H and O–H groups in total. The van der Waals surface area contributed by atoms with Crippen molar-refractivity contribution in [1.82, 2.24) is 10.6 Å². The van der Waals surface area contributed by atoms with Gasteiger partial charge in [0.1, 0.15) is 5.82 Å². The zero-order valence-electron chi connectivity index (χ0n) is 15.1. The third kappa shape index (κ3) is 7.28. The van der Waals surface area contributed by atoms with Crippen LogP contribution in [0, 0.1) is 11.2 Å². The van der Waals surface area contributed by atoms with Crippen molar-refractivity contribution in [3.63, 3.8) is 0 Å². The third-order valence-electron chi connectivity index (χ3n) is 4.61. The number of halogens is 3. The molecule has 1 aliphatic heterocycles. The van der Waals surface area contributed by atoms with Crippen LogP contribution in [0.3, 0.4) is 0 Å². The summed E-state index contributed by atoms with van der Waals surface area (Å²) in [6.07, 6.45) is 3.15. The number of nitrogens with one attached hydrogen (secondary N) is 2. The summed E-state index contributed by atoms with van der Waals surface area (Å²) in [6, 6.07) is 5.16. The molecule has 1 atom stereocenters. The molecule has 26 heavy (non-hydrogen) atoms. The molecule has 1 aromatic rings. The predicted molar refractivity (Wildman–Crippen MR) is 117 cm³/mol. The van der Waals surface area contributed by atoms with Gasteiger partial charge in [-0.05, 0) is 43.4 Å². The molecule has 0 amide bonds. The monoisotopic (exact) mass is 543 g/mol. The van der Waals surface area contributed by atoms with Crippen LogP contribution >= 0.6 is 39.9 Å². The van der Waals surface area contributed by atoms with Gasteiger partial charge < -0.3 is 20.5 Å². The summed E-state index contributed by atoms with van der Waals surface area (Å²) in [5.74, 6) is 0.546. The molecule has 148 valence electrons. The highest BCUT2D eigenvalue weighted by Crippen LogP contribution is 2.31. The summed E-state index contributed by atoms with van der Waals surface area (Å²) >= 11 is 3.27. The highest BCUT2D eigenvalue weighted by molar-refractivity contribution is 14.0. The molecule has 1 saturated heterocycles. The highest BCUT2D eigenvalue weighted by Gasteiger charge is 2.34. The Labute approximate surface area is 180 Å². The van der Waals surface area contributed by atoms with Crippen molar-refractivity contribution in [3.8, 4) is 0 Å². The molecule has 0 saturated carbocycles. The number of aliphatic hydroxyl groups excluding tert-OH is 1. The molecule has 1 unspecified atom stereocenters. The van der Waals surface area contributed by atoms with Gasteiger partial charge in [-0.15, -0.1) is 24.0 Å². The lowest BCUT2D eigenvalue weighted by Crippen LogP contribution is -2.44. The van der Waals surface area contributed by atoms with Gasteiger partial charge in [-0.25, -0.2) is 4.39 Å². The predicted octanol–water partition coefficient (Wildman–Crippen LogP) is 3.09. The van der Waals surface area contributed by atoms with E-state index < -0.39 is 0 Å². The molecule has 0 aliphatic carbocycles. The number of hydrogen-bond acceptors (Lipinski definition) is 3. The van der Waals surface area contributed by atoms with Gasteiger partial charge in [0.2, 0.25) is 0 Å². The van der Waals surface area contributed by atoms with Crippen LogP contribution in [-0.4, -0.2) is 51.0 Å². The first-order valence-electron chi connectivity index (χ1n) is 8.66. The number of aliphatic hydroxyl groups is 1. The second kappa shape index (κ2) is 12.1. The molecule has 8 heteroatoms. The van der Waals surface area contributed by atoms with Gasteiger partial charge in [-0.1, -0.05) is 22.0 Å². The van der Waals surface area contributed by atoms with Crippen molar-refractivity contribution in [2.45, 2.75) is 25.7 Å². The topological polar surface area (TPSA) is 65.9 Å². The molecular weight excluding hydrogens is 516 g/mol. The standard InChI is InChI=1S/C18H27BrFN3O2.HI/c1-21-17(23-12-18(6-9-24)7-10-25-13-18)22-8-2-3-14-4-5-15(19)11-16(14)20;/h4-5,11,24H,2-3,6-10,12-13H2,1H3,(H2,21,22,23);1H. The van der Waals surface area contributed by atoms with Gasteiger partial charge in [0.25, 0.3) is 0 Å². The molecule has 1 fully saturated rings. The molecule has 1 heterocycles. The Kier molecular flexibility index (Phi) is 11.0. The van der Waals surface area contributed by atoms with E-state index in [1.165, 1.54) is 6.07 Å². The lowest BCUT2D eigenvalue weighted by Gasteiger charge is -2.27. The van der Waals surface area contributed by atoms with E-state index in [1.807, 2.05) is 12.1 Å². The molecule has 2 rings (SSSR count). The van der Waals surface area contributed by atoms with Crippen LogP contribution in [0.4, 0.5) is 4.39 Å². The molecule has 0 bridgehead atoms. The lowest BCUT2D eigenvalue weighted by molar-refractivity contribution is 0.127. The zero-order valence-corrected chi connectivity index (χ0v) is 19.0. The van der Waals surface area contributed by atoms with Crippen LogP contribution in [0.2, 0.25) is 0 Å². The maximum atomic E-state index is 13.8. The zero-order chi connectivity index (χ0) is 18.1. The second-order valence-electron chi connectivity index (χ2n) is 6.47. The average Bonchev–Trinajstić information content (AvgIpc) is 3.05. The highest BCUT2D eigenvalue weighted by atomic mass is 127. The molecule has 1 aromatic carbocycles. The average molecular weight is 544 g/mol. The van der Waals surface area contributed by atoms with E-state index >= 15 is 0 Å². The number of rotatable bonds is 8. The van der Waals surface area contributed by atoms with Crippen molar-refractivity contribution in [2.24, 2.45) is 10.4 Å². The largest absolute Gasteiger partial charge is 0.396 e. The van der Waals surface area contributed by atoms with Crippen LogP contribution in [0.25, 0.3) is 0 Å². The normalized spacial score (nSPS) is 19.9. The summed E-state index contributed by atoms with van der Waals surface area (Å²) in [5, 5.41) is 15.9. The lowest BCUT2D eigenvalue weighted by atomic mass is 9.84. The number of ether oxygens (including phenoxy) is 1. The first kappa shape index (κ1) is 23.6. The van der Waals surface area contributed by atoms with Gasteiger partial charge in [0.05, 0.1) is 6.61 Å². The number of guanidine groups is 1. The SMILES string of the molecule is CN=C(NCCCc1ccc(Br)cc1F)NCC1(CCO)CCOC1.I. The fourth-order valence-electron chi connectivity index (χ4n) is 3.01. The number of aliphatic imine (C=N–C) groups is 1.